The summed E-state index contributed by atoms with van der Waals surface area (Å²) in [4.78, 5) is 24.4. The summed E-state index contributed by atoms with van der Waals surface area (Å²) in [6, 6.07) is 11.5. The first-order valence-electron chi connectivity index (χ1n) is 7.33. The first-order valence-corrected chi connectivity index (χ1v) is 8.77. The number of amides is 2. The Morgan fingerprint density at radius 2 is 1.71 bits per heavy atom. The molecule has 0 saturated carbocycles. The first-order chi connectivity index (χ1) is 11.3. The number of carbonyl (C=O) groups is 2. The molecular weight excluding hydrogens is 328 g/mol. The molecule has 2 aromatic carbocycles. The first kappa shape index (κ1) is 16.2. The van der Waals surface area contributed by atoms with Crippen LogP contribution in [0.3, 0.4) is 0 Å². The number of nitrogens with zero attached hydrogens (tertiary/aromatic N) is 1. The highest BCUT2D eigenvalue weighted by molar-refractivity contribution is 7.90. The van der Waals surface area contributed by atoms with Gasteiger partial charge in [-0.15, -0.1) is 0 Å². The van der Waals surface area contributed by atoms with Gasteiger partial charge in [0.25, 0.3) is 15.9 Å². The Kier molecular flexibility index (Phi) is 3.88. The van der Waals surface area contributed by atoms with E-state index in [4.69, 9.17) is 0 Å². The largest absolute Gasteiger partial charge is 0.324 e. The number of aryl methyl sites for hydroxylation is 2. The maximum atomic E-state index is 12.4. The lowest BCUT2D eigenvalue weighted by Crippen LogP contribution is -2.37. The Balaban J connectivity index is 1.82. The van der Waals surface area contributed by atoms with Crippen LogP contribution in [-0.4, -0.2) is 31.1 Å². The number of rotatable bonds is 3. The van der Waals surface area contributed by atoms with Crippen LogP contribution < -0.4 is 5.32 Å². The van der Waals surface area contributed by atoms with Crippen molar-refractivity contribution in [3.8, 4) is 0 Å². The fourth-order valence-corrected chi connectivity index (χ4v) is 4.29. The van der Waals surface area contributed by atoms with Gasteiger partial charge in [-0.1, -0.05) is 18.2 Å². The van der Waals surface area contributed by atoms with Crippen molar-refractivity contribution < 1.29 is 18.0 Å². The molecule has 1 heterocycles. The molecule has 24 heavy (non-hydrogen) atoms. The van der Waals surface area contributed by atoms with Crippen molar-refractivity contribution in [2.75, 3.05) is 11.9 Å². The van der Waals surface area contributed by atoms with Gasteiger partial charge >= 0.3 is 0 Å². The molecule has 0 aromatic heterocycles. The van der Waals surface area contributed by atoms with Crippen LogP contribution in [0.4, 0.5) is 5.69 Å². The van der Waals surface area contributed by atoms with Crippen molar-refractivity contribution >= 4 is 27.5 Å². The minimum atomic E-state index is -3.98. The molecular formula is C17H16N2O4S. The number of fused-ring (bicyclic) bond motifs is 1. The van der Waals surface area contributed by atoms with E-state index in [0.29, 0.717) is 9.99 Å². The summed E-state index contributed by atoms with van der Waals surface area (Å²) in [6.07, 6.45) is 0. The summed E-state index contributed by atoms with van der Waals surface area (Å²) in [7, 11) is -3.98. The summed E-state index contributed by atoms with van der Waals surface area (Å²) in [5, 5.41) is 2.64. The van der Waals surface area contributed by atoms with Gasteiger partial charge in [-0.05, 0) is 49.2 Å². The standard InChI is InChI=1S/C17H16N2O4S/c1-11-7-12(2)9-13(8-11)18-16(20)10-19-17(21)14-5-3-4-6-15(14)24(19,22)23/h3-9H,10H2,1-2H3,(H,18,20). The van der Waals surface area contributed by atoms with E-state index >= 15 is 0 Å². The predicted octanol–water partition coefficient (Wildman–Crippen LogP) is 2.09. The topological polar surface area (TPSA) is 83.6 Å². The van der Waals surface area contributed by atoms with Crippen LogP contribution in [0.2, 0.25) is 0 Å². The maximum Gasteiger partial charge on any atom is 0.269 e. The van der Waals surface area contributed by atoms with Crippen LogP contribution in [0.5, 0.6) is 0 Å². The third kappa shape index (κ3) is 2.78. The Morgan fingerprint density at radius 3 is 2.33 bits per heavy atom. The monoisotopic (exact) mass is 344 g/mol. The number of anilines is 1. The lowest BCUT2D eigenvalue weighted by molar-refractivity contribution is -0.116. The molecule has 124 valence electrons. The maximum absolute atomic E-state index is 12.4. The van der Waals surface area contributed by atoms with Crippen molar-refractivity contribution in [3.63, 3.8) is 0 Å². The quantitative estimate of drug-likeness (QED) is 0.924. The summed E-state index contributed by atoms with van der Waals surface area (Å²) in [6.45, 7) is 3.24. The highest BCUT2D eigenvalue weighted by atomic mass is 32.2. The normalized spacial score (nSPS) is 15.2. The van der Waals surface area contributed by atoms with Gasteiger partial charge in [-0.25, -0.2) is 12.7 Å². The second-order valence-corrected chi connectivity index (χ2v) is 7.57. The SMILES string of the molecule is Cc1cc(C)cc(NC(=O)CN2C(=O)c3ccccc3S2(=O)=O)c1. The molecule has 0 bridgehead atoms. The predicted molar refractivity (Wildman–Crippen MR) is 89.2 cm³/mol. The summed E-state index contributed by atoms with van der Waals surface area (Å²) < 4.78 is 25.4. The zero-order valence-electron chi connectivity index (χ0n) is 13.2. The van der Waals surface area contributed by atoms with E-state index in [1.54, 1.807) is 24.3 Å². The Hall–Kier alpha value is -2.67. The van der Waals surface area contributed by atoms with E-state index in [2.05, 4.69) is 5.32 Å². The molecule has 7 heteroatoms. The molecule has 1 N–H and O–H groups in total. The van der Waals surface area contributed by atoms with Gasteiger partial charge in [-0.3, -0.25) is 9.59 Å². The number of carbonyl (C=O) groups excluding carboxylic acids is 2. The molecule has 0 unspecified atom stereocenters. The molecule has 1 aliphatic heterocycles. The van der Waals surface area contributed by atoms with Gasteiger partial charge in [0.15, 0.2) is 0 Å². The fraction of sp³-hybridized carbons (Fsp3) is 0.176. The average Bonchev–Trinajstić information content (AvgIpc) is 2.68. The van der Waals surface area contributed by atoms with Crippen LogP contribution in [0.25, 0.3) is 0 Å². The summed E-state index contributed by atoms with van der Waals surface area (Å²) in [5.74, 6) is -1.24. The highest BCUT2D eigenvalue weighted by Gasteiger charge is 2.41. The third-order valence-electron chi connectivity index (χ3n) is 3.70. The van der Waals surface area contributed by atoms with Crippen LogP contribution in [0, 0.1) is 13.8 Å². The average molecular weight is 344 g/mol. The van der Waals surface area contributed by atoms with Crippen molar-refractivity contribution in [3.05, 3.63) is 59.2 Å². The molecule has 0 fully saturated rings. The van der Waals surface area contributed by atoms with Crippen LogP contribution in [0.15, 0.2) is 47.4 Å². The van der Waals surface area contributed by atoms with Crippen molar-refractivity contribution in [1.82, 2.24) is 4.31 Å². The van der Waals surface area contributed by atoms with Gasteiger partial charge in [0.2, 0.25) is 5.91 Å². The van der Waals surface area contributed by atoms with E-state index in [9.17, 15) is 18.0 Å². The number of benzene rings is 2. The van der Waals surface area contributed by atoms with Gasteiger partial charge < -0.3 is 5.32 Å². The van der Waals surface area contributed by atoms with Crippen LogP contribution in [-0.2, 0) is 14.8 Å². The Labute approximate surface area is 140 Å². The number of sulfonamides is 1. The van der Waals surface area contributed by atoms with Gasteiger partial charge in [-0.2, -0.15) is 0 Å². The Morgan fingerprint density at radius 1 is 1.08 bits per heavy atom. The third-order valence-corrected chi connectivity index (χ3v) is 5.49. The molecule has 1 aliphatic rings. The fourth-order valence-electron chi connectivity index (χ4n) is 2.77. The zero-order valence-corrected chi connectivity index (χ0v) is 14.1. The molecule has 0 atom stereocenters. The lowest BCUT2D eigenvalue weighted by atomic mass is 10.1. The van der Waals surface area contributed by atoms with Crippen molar-refractivity contribution in [2.45, 2.75) is 18.7 Å². The summed E-state index contributed by atoms with van der Waals surface area (Å²) >= 11 is 0. The molecule has 0 radical (unpaired) electrons. The van der Waals surface area contributed by atoms with Gasteiger partial charge in [0.1, 0.15) is 11.4 Å². The van der Waals surface area contributed by atoms with Crippen LogP contribution in [0.1, 0.15) is 21.5 Å². The molecule has 6 nitrogen and oxygen atoms in total. The number of hydrogen-bond donors (Lipinski definition) is 1. The van der Waals surface area contributed by atoms with E-state index in [-0.39, 0.29) is 10.5 Å². The highest BCUT2D eigenvalue weighted by Crippen LogP contribution is 2.29. The van der Waals surface area contributed by atoms with Crippen LogP contribution >= 0.6 is 0 Å². The summed E-state index contributed by atoms with van der Waals surface area (Å²) in [5.41, 5.74) is 2.61. The zero-order chi connectivity index (χ0) is 17.5. The smallest absolute Gasteiger partial charge is 0.269 e. The Bertz CT molecular complexity index is 931. The van der Waals surface area contributed by atoms with Crippen molar-refractivity contribution in [2.24, 2.45) is 0 Å². The second kappa shape index (κ2) is 5.76. The lowest BCUT2D eigenvalue weighted by Gasteiger charge is -2.15. The molecule has 0 spiro atoms. The minimum absolute atomic E-state index is 0.0609. The molecule has 3 rings (SSSR count). The van der Waals surface area contributed by atoms with E-state index in [1.807, 2.05) is 19.9 Å². The van der Waals surface area contributed by atoms with E-state index in [0.717, 1.165) is 11.1 Å². The molecule has 2 aromatic rings. The minimum Gasteiger partial charge on any atom is -0.324 e. The second-order valence-electron chi connectivity index (χ2n) is 5.74. The molecule has 0 aliphatic carbocycles. The molecule has 0 saturated heterocycles. The number of nitrogens with one attached hydrogen (secondary N) is 1. The molecule has 2 amide bonds. The van der Waals surface area contributed by atoms with E-state index < -0.39 is 28.4 Å². The van der Waals surface area contributed by atoms with E-state index in [1.165, 1.54) is 12.1 Å². The van der Waals surface area contributed by atoms with Gasteiger partial charge in [0, 0.05) is 5.69 Å². The van der Waals surface area contributed by atoms with Crippen molar-refractivity contribution in [1.29, 1.82) is 0 Å². The van der Waals surface area contributed by atoms with Gasteiger partial charge in [0.05, 0.1) is 5.56 Å². The number of hydrogen-bond acceptors (Lipinski definition) is 4.